The Balaban J connectivity index is 1.18. The molecule has 0 saturated carbocycles. The number of aryl methyl sites for hydroxylation is 2. The zero-order valence-corrected chi connectivity index (χ0v) is 32.5. The van der Waals surface area contributed by atoms with Crippen molar-refractivity contribution in [3.63, 3.8) is 0 Å². The molecule has 0 atom stereocenters. The van der Waals surface area contributed by atoms with Crippen LogP contribution in [0.3, 0.4) is 0 Å². The van der Waals surface area contributed by atoms with Crippen LogP contribution in [0.1, 0.15) is 61.3 Å². The normalized spacial score (nSPS) is 15.1. The molecule has 0 radical (unpaired) electrons. The summed E-state index contributed by atoms with van der Waals surface area (Å²) in [6.07, 6.45) is 0. The lowest BCUT2D eigenvalue weighted by Gasteiger charge is -2.42. The van der Waals surface area contributed by atoms with E-state index in [9.17, 15) is 0 Å². The molecule has 5 nitrogen and oxygen atoms in total. The van der Waals surface area contributed by atoms with Gasteiger partial charge in [0.15, 0.2) is 0 Å². The number of nitrogens with zero attached hydrogens (tertiary/aromatic N) is 4. The SMILES string of the molecule is Cc1nc(P(=O)(c2ccccc2)c2ccc(N3c4ccccc4C(C)(C)c4ccccc43)c(C)n2)ccc1N1c2ccccc2C(C)(C)c2ccccc21. The fourth-order valence-corrected chi connectivity index (χ4v) is 11.3. The van der Waals surface area contributed by atoms with Crippen LogP contribution in [0.2, 0.25) is 0 Å². The molecule has 0 saturated heterocycles. The minimum absolute atomic E-state index is 0.168. The first-order chi connectivity index (χ1) is 26.0. The molecule has 9 rings (SSSR count). The molecule has 4 heterocycles. The van der Waals surface area contributed by atoms with Crippen molar-refractivity contribution in [1.29, 1.82) is 0 Å². The average Bonchev–Trinajstić information content (AvgIpc) is 3.19. The number of pyridine rings is 2. The summed E-state index contributed by atoms with van der Waals surface area (Å²) in [5, 5.41) is 0.704. The molecule has 6 heteroatoms. The molecule has 0 N–H and O–H groups in total. The molecular formula is C48H43N4OP. The first kappa shape index (κ1) is 34.0. The van der Waals surface area contributed by atoms with Gasteiger partial charge in [-0.25, -0.2) is 9.97 Å². The number of hydrogen-bond donors (Lipinski definition) is 0. The van der Waals surface area contributed by atoms with E-state index in [-0.39, 0.29) is 10.8 Å². The first-order valence-electron chi connectivity index (χ1n) is 18.6. The number of aromatic nitrogens is 2. The fraction of sp³-hybridized carbons (Fsp3) is 0.167. The van der Waals surface area contributed by atoms with Crippen molar-refractivity contribution in [3.8, 4) is 0 Å². The number of para-hydroxylation sites is 4. The van der Waals surface area contributed by atoms with Gasteiger partial charge < -0.3 is 14.4 Å². The van der Waals surface area contributed by atoms with Gasteiger partial charge in [-0.3, -0.25) is 0 Å². The molecule has 0 amide bonds. The summed E-state index contributed by atoms with van der Waals surface area (Å²) in [6, 6.07) is 52.2. The van der Waals surface area contributed by atoms with E-state index in [4.69, 9.17) is 9.97 Å². The van der Waals surface area contributed by atoms with Crippen LogP contribution in [0.4, 0.5) is 34.1 Å². The van der Waals surface area contributed by atoms with Crippen molar-refractivity contribution < 1.29 is 4.57 Å². The topological polar surface area (TPSA) is 49.3 Å². The molecule has 54 heavy (non-hydrogen) atoms. The number of rotatable bonds is 5. The lowest BCUT2D eigenvalue weighted by atomic mass is 9.73. The van der Waals surface area contributed by atoms with Crippen molar-refractivity contribution in [3.05, 3.63) is 185 Å². The van der Waals surface area contributed by atoms with Crippen molar-refractivity contribution in [2.24, 2.45) is 0 Å². The van der Waals surface area contributed by atoms with Gasteiger partial charge in [-0.15, -0.1) is 0 Å². The Kier molecular flexibility index (Phi) is 7.81. The molecule has 0 aliphatic carbocycles. The van der Waals surface area contributed by atoms with E-state index in [0.29, 0.717) is 16.2 Å². The van der Waals surface area contributed by atoms with E-state index in [0.717, 1.165) is 45.5 Å². The second-order valence-electron chi connectivity index (χ2n) is 15.5. The van der Waals surface area contributed by atoms with Crippen LogP contribution in [0.25, 0.3) is 0 Å². The number of benzene rings is 5. The van der Waals surface area contributed by atoms with Gasteiger partial charge in [0.25, 0.3) is 0 Å². The quantitative estimate of drug-likeness (QED) is 0.166. The predicted octanol–water partition coefficient (Wildman–Crippen LogP) is 11.0. The van der Waals surface area contributed by atoms with Crippen molar-refractivity contribution in [1.82, 2.24) is 9.97 Å². The second-order valence-corrected chi connectivity index (χ2v) is 18.1. The van der Waals surface area contributed by atoms with Gasteiger partial charge in [-0.1, -0.05) is 131 Å². The highest BCUT2D eigenvalue weighted by Crippen LogP contribution is 2.54. The summed E-state index contributed by atoms with van der Waals surface area (Å²) in [5.74, 6) is 0. The first-order valence-corrected chi connectivity index (χ1v) is 20.3. The highest BCUT2D eigenvalue weighted by Gasteiger charge is 2.40. The molecule has 2 aliphatic heterocycles. The monoisotopic (exact) mass is 722 g/mol. The molecule has 0 bridgehead atoms. The Morgan fingerprint density at radius 3 is 1.06 bits per heavy atom. The van der Waals surface area contributed by atoms with Gasteiger partial charge in [-0.05, 0) is 84.6 Å². The summed E-state index contributed by atoms with van der Waals surface area (Å²) in [4.78, 5) is 15.1. The minimum atomic E-state index is -3.52. The fourth-order valence-electron chi connectivity index (χ4n) is 8.78. The van der Waals surface area contributed by atoms with Crippen molar-refractivity contribution in [2.45, 2.75) is 52.4 Å². The van der Waals surface area contributed by atoms with Gasteiger partial charge in [0.2, 0.25) is 7.14 Å². The Morgan fingerprint density at radius 2 is 0.722 bits per heavy atom. The van der Waals surface area contributed by atoms with E-state index in [1.54, 1.807) is 0 Å². The van der Waals surface area contributed by atoms with E-state index >= 15 is 4.57 Å². The zero-order valence-electron chi connectivity index (χ0n) is 31.6. The lowest BCUT2D eigenvalue weighted by Crippen LogP contribution is -2.33. The standard InChI is InChI=1S/C48H43N4OP/c1-32-39(51-41-24-14-10-20-35(41)47(3,4)36-21-11-15-25-42(36)51)28-30-45(49-32)54(53,34-18-8-7-9-19-34)46-31-29-40(33(2)50-46)52-43-26-16-12-22-37(43)48(5,6)38-23-13-17-27-44(38)52/h7-31H,1-6H3. The van der Waals surface area contributed by atoms with Crippen LogP contribution < -0.4 is 26.0 Å². The van der Waals surface area contributed by atoms with Crippen LogP contribution in [-0.4, -0.2) is 9.97 Å². The summed E-state index contributed by atoms with van der Waals surface area (Å²) in [7, 11) is -3.52. The Morgan fingerprint density at radius 1 is 0.407 bits per heavy atom. The molecular weight excluding hydrogens is 680 g/mol. The molecule has 2 aromatic heterocycles. The zero-order chi connectivity index (χ0) is 37.4. The number of fused-ring (bicyclic) bond motifs is 4. The van der Waals surface area contributed by atoms with E-state index in [1.165, 1.54) is 22.3 Å². The minimum Gasteiger partial charge on any atom is -0.308 e. The van der Waals surface area contributed by atoms with E-state index < -0.39 is 7.14 Å². The molecule has 0 spiro atoms. The Hall–Kier alpha value is -5.77. The van der Waals surface area contributed by atoms with Crippen LogP contribution in [0.15, 0.2) is 152 Å². The highest BCUT2D eigenvalue weighted by molar-refractivity contribution is 7.84. The third-order valence-electron chi connectivity index (χ3n) is 11.6. The Labute approximate surface area is 318 Å². The summed E-state index contributed by atoms with van der Waals surface area (Å²) in [6.45, 7) is 13.2. The summed E-state index contributed by atoms with van der Waals surface area (Å²) >= 11 is 0. The molecule has 0 unspecified atom stereocenters. The Bertz CT molecular complexity index is 2390. The maximum absolute atomic E-state index is 15.9. The summed E-state index contributed by atoms with van der Waals surface area (Å²) < 4.78 is 15.9. The number of anilines is 6. The molecule has 2 aliphatic rings. The van der Waals surface area contributed by atoms with Gasteiger partial charge in [0.1, 0.15) is 10.9 Å². The van der Waals surface area contributed by atoms with E-state index in [1.807, 2.05) is 56.3 Å². The maximum Gasteiger partial charge on any atom is 0.206 e. The van der Waals surface area contributed by atoms with Crippen molar-refractivity contribution >= 4 is 57.4 Å². The van der Waals surface area contributed by atoms with Gasteiger partial charge in [0, 0.05) is 16.1 Å². The van der Waals surface area contributed by atoms with Crippen LogP contribution in [0.5, 0.6) is 0 Å². The maximum atomic E-state index is 15.9. The van der Waals surface area contributed by atoms with Gasteiger partial charge >= 0.3 is 0 Å². The molecule has 7 aromatic rings. The molecule has 0 fully saturated rings. The largest absolute Gasteiger partial charge is 0.308 e. The lowest BCUT2D eigenvalue weighted by molar-refractivity contribution is 0.591. The summed E-state index contributed by atoms with van der Waals surface area (Å²) in [5.41, 5.74) is 13.7. The van der Waals surface area contributed by atoms with Crippen LogP contribution in [0, 0.1) is 13.8 Å². The highest BCUT2D eigenvalue weighted by atomic mass is 31.2. The van der Waals surface area contributed by atoms with Gasteiger partial charge in [-0.2, -0.15) is 0 Å². The van der Waals surface area contributed by atoms with Crippen LogP contribution >= 0.6 is 7.14 Å². The van der Waals surface area contributed by atoms with Gasteiger partial charge in [0.05, 0.1) is 45.5 Å². The van der Waals surface area contributed by atoms with Crippen molar-refractivity contribution in [2.75, 3.05) is 9.80 Å². The smallest absolute Gasteiger partial charge is 0.206 e. The third-order valence-corrected chi connectivity index (χ3v) is 14.4. The predicted molar refractivity (Wildman–Crippen MR) is 225 cm³/mol. The van der Waals surface area contributed by atoms with Crippen LogP contribution in [-0.2, 0) is 15.4 Å². The second kappa shape index (κ2) is 12.4. The molecule has 5 aromatic carbocycles. The van der Waals surface area contributed by atoms with E-state index in [2.05, 4.69) is 147 Å². The average molecular weight is 723 g/mol. The number of hydrogen-bond acceptors (Lipinski definition) is 5. The third kappa shape index (κ3) is 4.95. The molecule has 266 valence electrons.